The summed E-state index contributed by atoms with van der Waals surface area (Å²) in [7, 11) is 2.22. The van der Waals surface area contributed by atoms with Gasteiger partial charge in [0.2, 0.25) is 0 Å². The second-order valence-corrected chi connectivity index (χ2v) is 8.21. The van der Waals surface area contributed by atoms with Crippen LogP contribution in [0.5, 0.6) is 0 Å². The summed E-state index contributed by atoms with van der Waals surface area (Å²) in [6.45, 7) is 2.90. The maximum atomic E-state index is 5.10. The van der Waals surface area contributed by atoms with Crippen LogP contribution in [-0.2, 0) is 33.0 Å². The van der Waals surface area contributed by atoms with Crippen LogP contribution in [0.1, 0.15) is 60.3 Å². The lowest BCUT2D eigenvalue weighted by molar-refractivity contribution is 0.227. The Morgan fingerprint density at radius 1 is 1.04 bits per heavy atom. The molecule has 5 nitrogen and oxygen atoms in total. The molecular formula is C23H29N5. The van der Waals surface area contributed by atoms with Crippen LogP contribution < -0.4 is 0 Å². The van der Waals surface area contributed by atoms with Crippen molar-refractivity contribution >= 4 is 0 Å². The van der Waals surface area contributed by atoms with E-state index in [1.165, 1.54) is 54.9 Å². The molecule has 1 fully saturated rings. The van der Waals surface area contributed by atoms with E-state index >= 15 is 0 Å². The van der Waals surface area contributed by atoms with Crippen molar-refractivity contribution in [3.8, 4) is 0 Å². The Balaban J connectivity index is 1.36. The minimum Gasteiger partial charge on any atom is -0.334 e. The van der Waals surface area contributed by atoms with Gasteiger partial charge in [-0.2, -0.15) is 0 Å². The molecule has 146 valence electrons. The number of rotatable bonds is 5. The van der Waals surface area contributed by atoms with Crippen LogP contribution in [0.3, 0.4) is 0 Å². The predicted octanol–water partition coefficient (Wildman–Crippen LogP) is 3.88. The van der Waals surface area contributed by atoms with E-state index in [1.807, 2.05) is 6.20 Å². The molecule has 0 bridgehead atoms. The van der Waals surface area contributed by atoms with Crippen LogP contribution in [0, 0.1) is 0 Å². The third-order valence-electron chi connectivity index (χ3n) is 6.41. The van der Waals surface area contributed by atoms with Gasteiger partial charge in [0.25, 0.3) is 0 Å². The molecule has 0 amide bonds. The Morgan fingerprint density at radius 3 is 2.75 bits per heavy atom. The number of aromatic nitrogens is 4. The molecule has 1 aliphatic carbocycles. The zero-order valence-electron chi connectivity index (χ0n) is 16.7. The third-order valence-corrected chi connectivity index (χ3v) is 6.41. The molecule has 2 aliphatic rings. The van der Waals surface area contributed by atoms with Crippen molar-refractivity contribution in [2.45, 2.75) is 57.7 Å². The number of hydrogen-bond acceptors (Lipinski definition) is 3. The average molecular weight is 376 g/mol. The fraction of sp³-hybridized carbons (Fsp3) is 0.478. The van der Waals surface area contributed by atoms with E-state index in [0.717, 1.165) is 31.9 Å². The van der Waals surface area contributed by atoms with Gasteiger partial charge in [0, 0.05) is 31.7 Å². The van der Waals surface area contributed by atoms with Gasteiger partial charge in [-0.15, -0.1) is 0 Å². The van der Waals surface area contributed by atoms with E-state index in [9.17, 15) is 0 Å². The van der Waals surface area contributed by atoms with Crippen molar-refractivity contribution < 1.29 is 0 Å². The maximum absolute atomic E-state index is 5.10. The van der Waals surface area contributed by atoms with Crippen LogP contribution in [0.25, 0.3) is 0 Å². The summed E-state index contributed by atoms with van der Waals surface area (Å²) >= 11 is 0. The summed E-state index contributed by atoms with van der Waals surface area (Å²) < 4.78 is 4.68. The van der Waals surface area contributed by atoms with Crippen LogP contribution in [0.15, 0.2) is 42.7 Å². The first-order chi connectivity index (χ1) is 13.8. The second kappa shape index (κ2) is 7.55. The summed E-state index contributed by atoms with van der Waals surface area (Å²) in [5.74, 6) is 2.42. The average Bonchev–Trinajstić information content (AvgIpc) is 3.44. The highest BCUT2D eigenvalue weighted by Crippen LogP contribution is 2.34. The van der Waals surface area contributed by atoms with Gasteiger partial charge in [-0.3, -0.25) is 4.90 Å². The molecule has 0 spiro atoms. The summed E-state index contributed by atoms with van der Waals surface area (Å²) in [4.78, 5) is 12.4. The molecule has 3 heterocycles. The smallest absolute Gasteiger partial charge is 0.126 e. The zero-order valence-corrected chi connectivity index (χ0v) is 16.7. The molecule has 1 aliphatic heterocycles. The molecule has 5 rings (SSSR count). The highest BCUT2D eigenvalue weighted by atomic mass is 15.3. The standard InChI is InChI=1S/C23H29N5/c1-26-20-11-6-5-10-19(20)25-23(26)21-12-7-14-27(21)17-22-24-13-15-28(22)16-18-8-3-2-4-9-18/h2-4,8-9,13,15,21H,5-7,10-12,14,16-17H2,1H3. The highest BCUT2D eigenvalue weighted by Gasteiger charge is 2.32. The molecule has 2 aromatic heterocycles. The van der Waals surface area contributed by atoms with Crippen molar-refractivity contribution in [1.82, 2.24) is 24.0 Å². The Bertz CT molecular complexity index is 939. The van der Waals surface area contributed by atoms with Crippen LogP contribution >= 0.6 is 0 Å². The van der Waals surface area contributed by atoms with Crippen molar-refractivity contribution in [3.05, 3.63) is 71.3 Å². The molecule has 1 saturated heterocycles. The van der Waals surface area contributed by atoms with E-state index < -0.39 is 0 Å². The summed E-state index contributed by atoms with van der Waals surface area (Å²) in [6, 6.07) is 11.1. The summed E-state index contributed by atoms with van der Waals surface area (Å²) in [5.41, 5.74) is 4.14. The maximum Gasteiger partial charge on any atom is 0.126 e. The number of fused-ring (bicyclic) bond motifs is 1. The van der Waals surface area contributed by atoms with Crippen molar-refractivity contribution in [1.29, 1.82) is 0 Å². The Hall–Kier alpha value is -2.40. The molecule has 0 saturated carbocycles. The first-order valence-electron chi connectivity index (χ1n) is 10.6. The van der Waals surface area contributed by atoms with E-state index in [2.05, 4.69) is 62.6 Å². The predicted molar refractivity (Wildman–Crippen MR) is 110 cm³/mol. The monoisotopic (exact) mass is 375 g/mol. The van der Waals surface area contributed by atoms with Gasteiger partial charge in [-0.1, -0.05) is 30.3 Å². The fourth-order valence-electron chi connectivity index (χ4n) is 4.91. The summed E-state index contributed by atoms with van der Waals surface area (Å²) in [5, 5.41) is 0. The second-order valence-electron chi connectivity index (χ2n) is 8.21. The van der Waals surface area contributed by atoms with Gasteiger partial charge < -0.3 is 9.13 Å². The first-order valence-corrected chi connectivity index (χ1v) is 10.6. The number of aryl methyl sites for hydroxylation is 1. The molecule has 1 atom stereocenters. The third kappa shape index (κ3) is 3.28. The van der Waals surface area contributed by atoms with Gasteiger partial charge in [-0.25, -0.2) is 9.97 Å². The molecular weight excluding hydrogens is 346 g/mol. The van der Waals surface area contributed by atoms with E-state index in [1.54, 1.807) is 0 Å². The Morgan fingerprint density at radius 2 is 1.89 bits per heavy atom. The van der Waals surface area contributed by atoms with Crippen LogP contribution in [0.2, 0.25) is 0 Å². The lowest BCUT2D eigenvalue weighted by Gasteiger charge is -2.24. The molecule has 1 unspecified atom stereocenters. The van der Waals surface area contributed by atoms with Crippen molar-refractivity contribution in [2.24, 2.45) is 7.05 Å². The fourth-order valence-corrected chi connectivity index (χ4v) is 4.91. The van der Waals surface area contributed by atoms with E-state index in [-0.39, 0.29) is 0 Å². The molecule has 0 radical (unpaired) electrons. The van der Waals surface area contributed by atoms with Gasteiger partial charge in [-0.05, 0) is 50.6 Å². The summed E-state index contributed by atoms with van der Waals surface area (Å²) in [6.07, 6.45) is 11.4. The number of imidazole rings is 2. The van der Waals surface area contributed by atoms with Gasteiger partial charge in [0.15, 0.2) is 0 Å². The van der Waals surface area contributed by atoms with E-state index in [0.29, 0.717) is 6.04 Å². The van der Waals surface area contributed by atoms with Crippen molar-refractivity contribution in [2.75, 3.05) is 6.54 Å². The number of likely N-dealkylation sites (tertiary alicyclic amines) is 1. The van der Waals surface area contributed by atoms with Crippen molar-refractivity contribution in [3.63, 3.8) is 0 Å². The molecule has 0 N–H and O–H groups in total. The molecule has 1 aromatic carbocycles. The Labute approximate surface area is 167 Å². The van der Waals surface area contributed by atoms with Crippen LogP contribution in [-0.4, -0.2) is 30.5 Å². The molecule has 3 aromatic rings. The largest absolute Gasteiger partial charge is 0.334 e. The first kappa shape index (κ1) is 17.7. The zero-order chi connectivity index (χ0) is 18.9. The Kier molecular flexibility index (Phi) is 4.77. The lowest BCUT2D eigenvalue weighted by Crippen LogP contribution is -2.26. The molecule has 5 heteroatoms. The number of hydrogen-bond donors (Lipinski definition) is 0. The van der Waals surface area contributed by atoms with Gasteiger partial charge in [0.1, 0.15) is 11.6 Å². The number of benzene rings is 1. The normalized spacial score (nSPS) is 19.8. The van der Waals surface area contributed by atoms with Crippen LogP contribution in [0.4, 0.5) is 0 Å². The SMILES string of the molecule is Cn1c(C2CCCN2Cc2nccn2Cc2ccccc2)nc2c1CCCC2. The van der Waals surface area contributed by atoms with E-state index in [4.69, 9.17) is 4.98 Å². The minimum absolute atomic E-state index is 0.414. The van der Waals surface area contributed by atoms with Gasteiger partial charge >= 0.3 is 0 Å². The topological polar surface area (TPSA) is 38.9 Å². The quantitative estimate of drug-likeness (QED) is 0.679. The minimum atomic E-state index is 0.414. The highest BCUT2D eigenvalue weighted by molar-refractivity contribution is 5.22. The van der Waals surface area contributed by atoms with Gasteiger partial charge in [0.05, 0.1) is 18.3 Å². The number of nitrogens with zero attached hydrogens (tertiary/aromatic N) is 5. The molecule has 28 heavy (non-hydrogen) atoms. The lowest BCUT2D eigenvalue weighted by atomic mass is 10.0.